The minimum Gasteiger partial charge on any atom is -0.375 e. The second-order valence-corrected chi connectivity index (χ2v) is 3.79. The Bertz CT molecular complexity index is 304. The van der Waals surface area contributed by atoms with E-state index in [0.29, 0.717) is 10.0 Å². The molecule has 1 N–H and O–H groups in total. The fraction of sp³-hybridized carbons (Fsp3) is 0.400. The van der Waals surface area contributed by atoms with E-state index in [1.807, 2.05) is 19.2 Å². The van der Waals surface area contributed by atoms with Crippen molar-refractivity contribution >= 4 is 23.2 Å². The summed E-state index contributed by atoms with van der Waals surface area (Å²) in [5, 5.41) is 4.32. The molecule has 1 atom stereocenters. The van der Waals surface area contributed by atoms with Crippen LogP contribution < -0.4 is 5.32 Å². The molecule has 0 amide bonds. The highest BCUT2D eigenvalue weighted by Crippen LogP contribution is 2.27. The molecule has 0 aliphatic rings. The summed E-state index contributed by atoms with van der Waals surface area (Å²) in [7, 11) is 3.53. The minimum absolute atomic E-state index is 0.0373. The lowest BCUT2D eigenvalue weighted by Crippen LogP contribution is -2.18. The molecular weight excluding hydrogens is 221 g/mol. The Hall–Kier alpha value is -0.280. The summed E-state index contributed by atoms with van der Waals surface area (Å²) in [5.74, 6) is 0. The van der Waals surface area contributed by atoms with Crippen LogP contribution in [0, 0.1) is 0 Å². The number of nitrogens with one attached hydrogen (secondary N) is 1. The summed E-state index contributed by atoms with van der Waals surface area (Å²) < 4.78 is 5.31. The van der Waals surface area contributed by atoms with Crippen molar-refractivity contribution in [1.29, 1.82) is 0 Å². The number of benzene rings is 1. The molecule has 0 radical (unpaired) electrons. The fourth-order valence-electron chi connectivity index (χ4n) is 1.27. The van der Waals surface area contributed by atoms with Crippen molar-refractivity contribution < 1.29 is 4.74 Å². The number of hydrogen-bond acceptors (Lipinski definition) is 2. The van der Waals surface area contributed by atoms with Gasteiger partial charge >= 0.3 is 0 Å². The van der Waals surface area contributed by atoms with Crippen molar-refractivity contribution in [1.82, 2.24) is 5.32 Å². The molecule has 0 fully saturated rings. The smallest absolute Gasteiger partial charge is 0.0959 e. The molecule has 2 nitrogen and oxygen atoms in total. The van der Waals surface area contributed by atoms with Gasteiger partial charge in [-0.25, -0.2) is 0 Å². The van der Waals surface area contributed by atoms with Gasteiger partial charge in [-0.05, 0) is 19.2 Å². The lowest BCUT2D eigenvalue weighted by Gasteiger charge is -2.16. The number of hydrogen-bond donors (Lipinski definition) is 1. The van der Waals surface area contributed by atoms with Crippen molar-refractivity contribution in [3.8, 4) is 0 Å². The Morgan fingerprint density at radius 1 is 1.43 bits per heavy atom. The summed E-state index contributed by atoms with van der Waals surface area (Å²) in [6, 6.07) is 5.42. The maximum absolute atomic E-state index is 6.05. The molecule has 1 aromatic rings. The lowest BCUT2D eigenvalue weighted by atomic mass is 10.1. The largest absolute Gasteiger partial charge is 0.375 e. The van der Waals surface area contributed by atoms with Gasteiger partial charge in [0, 0.05) is 29.3 Å². The summed E-state index contributed by atoms with van der Waals surface area (Å²) in [6.45, 7) is 0.720. The van der Waals surface area contributed by atoms with Gasteiger partial charge in [-0.3, -0.25) is 0 Å². The number of rotatable bonds is 4. The molecule has 0 bridgehead atoms. The summed E-state index contributed by atoms with van der Waals surface area (Å²) in [5.41, 5.74) is 0.952. The first-order valence-corrected chi connectivity index (χ1v) is 5.07. The SMILES string of the molecule is CNC[C@H](OC)c1ccc(Cl)cc1Cl. The maximum atomic E-state index is 6.05. The van der Waals surface area contributed by atoms with E-state index in [1.54, 1.807) is 13.2 Å². The molecule has 0 saturated heterocycles. The van der Waals surface area contributed by atoms with E-state index in [2.05, 4.69) is 5.32 Å². The third-order valence-electron chi connectivity index (χ3n) is 1.98. The molecular formula is C10H13Cl2NO. The average molecular weight is 234 g/mol. The van der Waals surface area contributed by atoms with Crippen LogP contribution in [0.5, 0.6) is 0 Å². The van der Waals surface area contributed by atoms with Crippen molar-refractivity contribution in [2.75, 3.05) is 20.7 Å². The van der Waals surface area contributed by atoms with Crippen LogP contribution in [0.25, 0.3) is 0 Å². The van der Waals surface area contributed by atoms with Crippen LogP contribution in [0.15, 0.2) is 18.2 Å². The van der Waals surface area contributed by atoms with Gasteiger partial charge in [0.25, 0.3) is 0 Å². The molecule has 14 heavy (non-hydrogen) atoms. The Kier molecular flexibility index (Phi) is 4.69. The second-order valence-electron chi connectivity index (χ2n) is 2.95. The first-order valence-electron chi connectivity index (χ1n) is 4.31. The number of halogens is 2. The summed E-state index contributed by atoms with van der Waals surface area (Å²) in [6.07, 6.45) is -0.0373. The predicted octanol–water partition coefficient (Wildman–Crippen LogP) is 2.90. The minimum atomic E-state index is -0.0373. The van der Waals surface area contributed by atoms with Gasteiger partial charge in [0.1, 0.15) is 0 Å². The van der Waals surface area contributed by atoms with Crippen molar-refractivity contribution in [2.45, 2.75) is 6.10 Å². The van der Waals surface area contributed by atoms with E-state index in [1.165, 1.54) is 0 Å². The zero-order chi connectivity index (χ0) is 10.6. The summed E-state index contributed by atoms with van der Waals surface area (Å²) >= 11 is 11.8. The molecule has 4 heteroatoms. The van der Waals surface area contributed by atoms with Crippen LogP contribution in [-0.4, -0.2) is 20.7 Å². The Morgan fingerprint density at radius 2 is 2.14 bits per heavy atom. The zero-order valence-corrected chi connectivity index (χ0v) is 9.69. The van der Waals surface area contributed by atoms with E-state index in [-0.39, 0.29) is 6.10 Å². The van der Waals surface area contributed by atoms with Crippen molar-refractivity contribution in [3.63, 3.8) is 0 Å². The number of methoxy groups -OCH3 is 1. The highest BCUT2D eigenvalue weighted by molar-refractivity contribution is 6.35. The van der Waals surface area contributed by atoms with E-state index < -0.39 is 0 Å². The quantitative estimate of drug-likeness (QED) is 0.864. The van der Waals surface area contributed by atoms with Crippen molar-refractivity contribution in [2.24, 2.45) is 0 Å². The second kappa shape index (κ2) is 5.56. The van der Waals surface area contributed by atoms with Gasteiger partial charge in [0.05, 0.1) is 6.10 Å². The molecule has 0 aliphatic heterocycles. The van der Waals surface area contributed by atoms with Gasteiger partial charge in [0.2, 0.25) is 0 Å². The third kappa shape index (κ3) is 2.85. The Labute approximate surface area is 94.2 Å². The first kappa shape index (κ1) is 11.8. The van der Waals surface area contributed by atoms with Crippen LogP contribution >= 0.6 is 23.2 Å². The average Bonchev–Trinajstić information content (AvgIpc) is 2.15. The van der Waals surface area contributed by atoms with E-state index in [4.69, 9.17) is 27.9 Å². The molecule has 0 spiro atoms. The van der Waals surface area contributed by atoms with E-state index in [9.17, 15) is 0 Å². The first-order chi connectivity index (χ1) is 6.69. The normalized spacial score (nSPS) is 12.9. The summed E-state index contributed by atoms with van der Waals surface area (Å²) in [4.78, 5) is 0. The molecule has 0 heterocycles. The van der Waals surface area contributed by atoms with Crippen LogP contribution in [0.1, 0.15) is 11.7 Å². The van der Waals surface area contributed by atoms with Crippen LogP contribution in [0.4, 0.5) is 0 Å². The van der Waals surface area contributed by atoms with Crippen LogP contribution in [0.3, 0.4) is 0 Å². The molecule has 0 aliphatic carbocycles. The predicted molar refractivity (Wildman–Crippen MR) is 60.1 cm³/mol. The standard InChI is InChI=1S/C10H13Cl2NO/c1-13-6-10(14-2)8-4-3-7(11)5-9(8)12/h3-5,10,13H,6H2,1-2H3/t10-/m0/s1. The topological polar surface area (TPSA) is 21.3 Å². The Morgan fingerprint density at radius 3 is 2.64 bits per heavy atom. The monoisotopic (exact) mass is 233 g/mol. The van der Waals surface area contributed by atoms with Gasteiger partial charge in [-0.15, -0.1) is 0 Å². The van der Waals surface area contributed by atoms with Gasteiger partial charge in [0.15, 0.2) is 0 Å². The molecule has 1 rings (SSSR count). The number of likely N-dealkylation sites (N-methyl/N-ethyl adjacent to an activating group) is 1. The fourth-order valence-corrected chi connectivity index (χ4v) is 1.80. The van der Waals surface area contributed by atoms with Gasteiger partial charge in [-0.1, -0.05) is 29.3 Å². The van der Waals surface area contributed by atoms with Crippen LogP contribution in [-0.2, 0) is 4.74 Å². The molecule has 78 valence electrons. The van der Waals surface area contributed by atoms with Crippen molar-refractivity contribution in [3.05, 3.63) is 33.8 Å². The molecule has 0 aromatic heterocycles. The maximum Gasteiger partial charge on any atom is 0.0959 e. The lowest BCUT2D eigenvalue weighted by molar-refractivity contribution is 0.104. The van der Waals surface area contributed by atoms with E-state index in [0.717, 1.165) is 12.1 Å². The number of ether oxygens (including phenoxy) is 1. The van der Waals surface area contributed by atoms with Crippen LogP contribution in [0.2, 0.25) is 10.0 Å². The highest BCUT2D eigenvalue weighted by atomic mass is 35.5. The molecule has 0 unspecified atom stereocenters. The molecule has 1 aromatic carbocycles. The van der Waals surface area contributed by atoms with Gasteiger partial charge < -0.3 is 10.1 Å². The zero-order valence-electron chi connectivity index (χ0n) is 8.18. The Balaban J connectivity index is 2.92. The molecule has 0 saturated carbocycles. The van der Waals surface area contributed by atoms with E-state index >= 15 is 0 Å². The van der Waals surface area contributed by atoms with Gasteiger partial charge in [-0.2, -0.15) is 0 Å². The third-order valence-corrected chi connectivity index (χ3v) is 2.55. The highest BCUT2D eigenvalue weighted by Gasteiger charge is 2.12.